The summed E-state index contributed by atoms with van der Waals surface area (Å²) in [5, 5.41) is 12.5. The van der Waals surface area contributed by atoms with E-state index in [1.807, 2.05) is 0 Å². The van der Waals surface area contributed by atoms with E-state index in [1.165, 1.54) is 7.11 Å². The summed E-state index contributed by atoms with van der Waals surface area (Å²) in [6.07, 6.45) is 0.349. The number of methoxy groups -OCH3 is 2. The molecule has 196 valence electrons. The summed E-state index contributed by atoms with van der Waals surface area (Å²) >= 11 is 0. The average molecular weight is 511 g/mol. The van der Waals surface area contributed by atoms with Gasteiger partial charge in [0.25, 0.3) is 0 Å². The van der Waals surface area contributed by atoms with E-state index in [0.717, 1.165) is 0 Å². The Morgan fingerprint density at radius 2 is 1.62 bits per heavy atom. The molecular weight excluding hydrogens is 480 g/mol. The Hall–Kier alpha value is -3.17. The fourth-order valence-electron chi connectivity index (χ4n) is 7.90. The molecule has 37 heavy (non-hydrogen) atoms. The zero-order valence-electron chi connectivity index (χ0n) is 21.7. The van der Waals surface area contributed by atoms with Crippen molar-refractivity contribution in [3.05, 3.63) is 46.3 Å². The molecule has 9 heteroatoms. The second kappa shape index (κ2) is 6.82. The highest BCUT2D eigenvalue weighted by atomic mass is 16.6. The van der Waals surface area contributed by atoms with Crippen LogP contribution in [0.4, 0.5) is 0 Å². The molecule has 3 heterocycles. The van der Waals surface area contributed by atoms with Gasteiger partial charge in [0.2, 0.25) is 5.60 Å². The molecule has 1 saturated heterocycles. The van der Waals surface area contributed by atoms with Crippen molar-refractivity contribution in [2.75, 3.05) is 14.2 Å². The van der Waals surface area contributed by atoms with E-state index >= 15 is 0 Å². The highest BCUT2D eigenvalue weighted by Crippen LogP contribution is 2.76. The second-order valence-electron chi connectivity index (χ2n) is 11.5. The van der Waals surface area contributed by atoms with Gasteiger partial charge in [0.1, 0.15) is 39.5 Å². The van der Waals surface area contributed by atoms with Crippen LogP contribution < -0.4 is 15.1 Å². The van der Waals surface area contributed by atoms with Crippen molar-refractivity contribution in [3.8, 4) is 22.8 Å². The van der Waals surface area contributed by atoms with Crippen molar-refractivity contribution in [1.29, 1.82) is 0 Å². The van der Waals surface area contributed by atoms with Gasteiger partial charge in [0.15, 0.2) is 5.78 Å². The fraction of sp³-hybridized carbons (Fsp3) is 0.536. The van der Waals surface area contributed by atoms with E-state index in [2.05, 4.69) is 0 Å². The number of carbonyl (C=O) groups is 2. The van der Waals surface area contributed by atoms with E-state index in [9.17, 15) is 19.5 Å². The van der Waals surface area contributed by atoms with Crippen molar-refractivity contribution < 1.29 is 38.1 Å². The molecule has 2 aliphatic carbocycles. The molecule has 0 radical (unpaired) electrons. The van der Waals surface area contributed by atoms with Gasteiger partial charge in [-0.25, -0.2) is 9.59 Å². The number of hydrogen-bond donors (Lipinski definition) is 1. The highest BCUT2D eigenvalue weighted by Gasteiger charge is 2.94. The number of ether oxygens (including phenoxy) is 4. The molecule has 1 aromatic carbocycles. The molecule has 2 bridgehead atoms. The minimum Gasteiger partial charge on any atom is -0.497 e. The first kappa shape index (κ1) is 24.2. The molecule has 1 N–H and O–H groups in total. The molecule has 4 aliphatic rings. The SMILES string of the molecule is COc1ccc(-c2cc3c(c(=O)o2)C[C@]2(O)[C@@]4(C)C(=O)[C@@]5(OC)C(=O)O[C@]4(CC[C@@]2(C)O3)C5(C)C)cc1. The molecule has 0 amide bonds. The van der Waals surface area contributed by atoms with Crippen LogP contribution >= 0.6 is 0 Å². The number of hydrogen-bond acceptors (Lipinski definition) is 9. The van der Waals surface area contributed by atoms with Crippen LogP contribution in [0.2, 0.25) is 0 Å². The number of esters is 1. The Morgan fingerprint density at radius 1 is 0.946 bits per heavy atom. The van der Waals surface area contributed by atoms with E-state index in [4.69, 9.17) is 23.4 Å². The lowest BCUT2D eigenvalue weighted by Crippen LogP contribution is -2.79. The van der Waals surface area contributed by atoms with E-state index in [-0.39, 0.29) is 24.8 Å². The molecule has 0 unspecified atom stereocenters. The summed E-state index contributed by atoms with van der Waals surface area (Å²) in [6.45, 7) is 6.89. The van der Waals surface area contributed by atoms with Gasteiger partial charge in [-0.2, -0.15) is 0 Å². The summed E-state index contributed by atoms with van der Waals surface area (Å²) in [4.78, 5) is 40.6. The zero-order valence-corrected chi connectivity index (χ0v) is 21.7. The van der Waals surface area contributed by atoms with Gasteiger partial charge < -0.3 is 28.5 Å². The molecule has 2 aliphatic heterocycles. The number of carbonyl (C=O) groups excluding carboxylic acids is 2. The van der Waals surface area contributed by atoms with Gasteiger partial charge in [-0.3, -0.25) is 4.79 Å². The molecule has 3 fully saturated rings. The number of ketones is 1. The molecule has 2 saturated carbocycles. The third-order valence-electron chi connectivity index (χ3n) is 10.1. The molecular formula is C28H30O9. The Morgan fingerprint density at radius 3 is 2.24 bits per heavy atom. The quantitative estimate of drug-likeness (QED) is 0.491. The van der Waals surface area contributed by atoms with Crippen molar-refractivity contribution in [2.45, 2.75) is 69.4 Å². The third kappa shape index (κ3) is 2.29. The van der Waals surface area contributed by atoms with Crippen molar-refractivity contribution in [1.82, 2.24) is 0 Å². The van der Waals surface area contributed by atoms with Crippen molar-refractivity contribution in [2.24, 2.45) is 10.8 Å². The number of fused-ring (bicyclic) bond motifs is 4. The molecule has 2 aromatic rings. The normalized spacial score (nSPS) is 38.8. The highest BCUT2D eigenvalue weighted by molar-refractivity contribution is 6.17. The predicted octanol–water partition coefficient (Wildman–Crippen LogP) is 2.83. The average Bonchev–Trinajstić information content (AvgIpc) is 3.10. The Kier molecular flexibility index (Phi) is 4.46. The van der Waals surface area contributed by atoms with Crippen LogP contribution in [-0.2, 0) is 25.5 Å². The first-order valence-electron chi connectivity index (χ1n) is 12.3. The number of rotatable bonds is 3. The fourth-order valence-corrected chi connectivity index (χ4v) is 7.90. The summed E-state index contributed by atoms with van der Waals surface area (Å²) in [7, 11) is 2.88. The molecule has 6 rings (SSSR count). The lowest BCUT2D eigenvalue weighted by molar-refractivity contribution is -0.286. The van der Waals surface area contributed by atoms with Gasteiger partial charge in [-0.05, 0) is 51.0 Å². The smallest absolute Gasteiger partial charge is 0.347 e. The molecule has 9 nitrogen and oxygen atoms in total. The minimum absolute atomic E-state index is 0.127. The first-order valence-corrected chi connectivity index (χ1v) is 12.3. The monoisotopic (exact) mass is 510 g/mol. The van der Waals surface area contributed by atoms with Crippen LogP contribution in [0, 0.1) is 10.8 Å². The van der Waals surface area contributed by atoms with Gasteiger partial charge in [-0.15, -0.1) is 0 Å². The maximum atomic E-state index is 14.2. The maximum Gasteiger partial charge on any atom is 0.347 e. The summed E-state index contributed by atoms with van der Waals surface area (Å²) < 4.78 is 28.9. The largest absolute Gasteiger partial charge is 0.497 e. The van der Waals surface area contributed by atoms with Crippen molar-refractivity contribution in [3.63, 3.8) is 0 Å². The van der Waals surface area contributed by atoms with Gasteiger partial charge in [0, 0.05) is 25.2 Å². The van der Waals surface area contributed by atoms with Crippen molar-refractivity contribution >= 4 is 11.8 Å². The topological polar surface area (TPSA) is 122 Å². The maximum absolute atomic E-state index is 14.2. The molecule has 5 atom stereocenters. The van der Waals surface area contributed by atoms with Crippen LogP contribution in [-0.4, -0.2) is 53.5 Å². The number of Topliss-reactive ketones (excluding diaryl/α,β-unsaturated/α-hetero) is 1. The first-order chi connectivity index (χ1) is 17.3. The summed E-state index contributed by atoms with van der Waals surface area (Å²) in [5.74, 6) is -0.0281. The van der Waals surface area contributed by atoms with Crippen LogP contribution in [0.1, 0.15) is 46.1 Å². The number of aliphatic hydroxyl groups is 1. The third-order valence-corrected chi connectivity index (χ3v) is 10.1. The minimum atomic E-state index is -1.89. The van der Waals surface area contributed by atoms with Crippen LogP contribution in [0.5, 0.6) is 11.5 Å². The Bertz CT molecular complexity index is 1420. The predicted molar refractivity (Wildman–Crippen MR) is 129 cm³/mol. The van der Waals surface area contributed by atoms with E-state index < -0.39 is 50.6 Å². The Balaban J connectivity index is 1.51. The van der Waals surface area contributed by atoms with Crippen LogP contribution in [0.3, 0.4) is 0 Å². The van der Waals surface area contributed by atoms with E-state index in [0.29, 0.717) is 22.8 Å². The summed E-state index contributed by atoms with van der Waals surface area (Å²) in [6, 6.07) is 8.69. The van der Waals surface area contributed by atoms with Gasteiger partial charge in [0.05, 0.1) is 18.1 Å². The zero-order chi connectivity index (χ0) is 26.8. The number of benzene rings is 1. The second-order valence-corrected chi connectivity index (χ2v) is 11.5. The molecule has 1 aromatic heterocycles. The van der Waals surface area contributed by atoms with E-state index in [1.54, 1.807) is 65.1 Å². The van der Waals surface area contributed by atoms with Crippen LogP contribution in [0.25, 0.3) is 11.3 Å². The van der Waals surface area contributed by atoms with Gasteiger partial charge >= 0.3 is 11.6 Å². The molecule has 1 spiro atoms. The van der Waals surface area contributed by atoms with Crippen LogP contribution in [0.15, 0.2) is 39.5 Å². The summed E-state index contributed by atoms with van der Waals surface area (Å²) in [5.41, 5.74) is -8.94. The van der Waals surface area contributed by atoms with Gasteiger partial charge in [-0.1, -0.05) is 13.8 Å². The lowest BCUT2D eigenvalue weighted by atomic mass is 9.47. The lowest BCUT2D eigenvalue weighted by Gasteiger charge is -2.64. The Labute approximate surface area is 213 Å². The standard InChI is InChI=1S/C28H30O9/c1-23(2)27-12-11-24(3)26(32,25(27,4)21(30)28(23,34-6)22(31)37-27)14-17-19(36-24)13-18(35-20(17)29)15-7-9-16(33-5)10-8-15/h7-10,13,32H,11-12,14H2,1-6H3/t24-,25-,26-,27-,28-/m1/s1.